The van der Waals surface area contributed by atoms with E-state index in [-0.39, 0.29) is 11.7 Å². The monoisotopic (exact) mass is 385 g/mol. The van der Waals surface area contributed by atoms with Gasteiger partial charge >= 0.3 is 0 Å². The van der Waals surface area contributed by atoms with Crippen molar-refractivity contribution in [3.05, 3.63) is 48.0 Å². The molecule has 1 fully saturated rings. The third-order valence-corrected chi connectivity index (χ3v) is 4.94. The van der Waals surface area contributed by atoms with Gasteiger partial charge in [0, 0.05) is 32.0 Å². The fourth-order valence-electron chi connectivity index (χ4n) is 3.40. The van der Waals surface area contributed by atoms with Gasteiger partial charge in [0.2, 0.25) is 5.88 Å². The van der Waals surface area contributed by atoms with Crippen molar-refractivity contribution in [1.82, 2.24) is 15.3 Å². The summed E-state index contributed by atoms with van der Waals surface area (Å²) in [5.41, 5.74) is 0.652. The van der Waals surface area contributed by atoms with Crippen LogP contribution in [0.4, 0.5) is 10.2 Å². The molecule has 3 heterocycles. The first-order valence-corrected chi connectivity index (χ1v) is 8.96. The maximum Gasteiger partial charge on any atom is 0.269 e. The molecule has 28 heavy (non-hydrogen) atoms. The minimum atomic E-state index is -0.527. The van der Waals surface area contributed by atoms with Gasteiger partial charge in [0.05, 0.1) is 13.7 Å². The fourth-order valence-corrected chi connectivity index (χ4v) is 3.40. The van der Waals surface area contributed by atoms with Crippen molar-refractivity contribution in [3.63, 3.8) is 0 Å². The number of methoxy groups -OCH3 is 1. The number of hydrogen-bond acceptors (Lipinski definition) is 7. The van der Waals surface area contributed by atoms with Gasteiger partial charge in [-0.05, 0) is 17.7 Å². The van der Waals surface area contributed by atoms with Crippen LogP contribution in [0.1, 0.15) is 18.4 Å². The van der Waals surface area contributed by atoms with Gasteiger partial charge in [-0.25, -0.2) is 14.4 Å². The van der Waals surface area contributed by atoms with Crippen molar-refractivity contribution in [1.29, 1.82) is 0 Å². The molecule has 0 radical (unpaired) electrons. The third-order valence-electron chi connectivity index (χ3n) is 4.94. The topological polar surface area (TPSA) is 88.9 Å². The predicted molar refractivity (Wildman–Crippen MR) is 99.5 cm³/mol. The number of benzene rings is 1. The lowest BCUT2D eigenvalue weighted by atomic mass is 9.96. The summed E-state index contributed by atoms with van der Waals surface area (Å²) < 4.78 is 18.1. The summed E-state index contributed by atoms with van der Waals surface area (Å²) in [7, 11) is 1.56. The Balaban J connectivity index is 1.34. The molecule has 0 aliphatic carbocycles. The van der Waals surface area contributed by atoms with Gasteiger partial charge in [0.25, 0.3) is 5.91 Å². The highest BCUT2D eigenvalue weighted by atomic mass is 19.1. The summed E-state index contributed by atoms with van der Waals surface area (Å²) in [6.07, 6.45) is 2.62. The van der Waals surface area contributed by atoms with Crippen LogP contribution in [0.25, 0.3) is 0 Å². The maximum atomic E-state index is 13.0. The average Bonchev–Trinajstić information content (AvgIpc) is 3.34. The molecule has 2 aliphatic rings. The van der Waals surface area contributed by atoms with Gasteiger partial charge in [-0.15, -0.1) is 0 Å². The molecule has 1 unspecified atom stereocenters. The van der Waals surface area contributed by atoms with E-state index in [0.29, 0.717) is 31.1 Å². The Bertz CT molecular complexity index is 905. The number of carbonyl (C=O) groups excluding carboxylic acids is 1. The van der Waals surface area contributed by atoms with Crippen LogP contribution in [0.3, 0.4) is 0 Å². The van der Waals surface area contributed by atoms with E-state index in [9.17, 15) is 9.18 Å². The van der Waals surface area contributed by atoms with Crippen molar-refractivity contribution in [3.8, 4) is 5.88 Å². The number of amides is 1. The molecule has 1 saturated heterocycles. The maximum absolute atomic E-state index is 13.0. The molecule has 1 amide bonds. The molecule has 0 bridgehead atoms. The zero-order valence-electron chi connectivity index (χ0n) is 15.4. The van der Waals surface area contributed by atoms with Gasteiger partial charge in [0.15, 0.2) is 5.60 Å². The highest BCUT2D eigenvalue weighted by Crippen LogP contribution is 2.35. The fraction of sp³-hybridized carbons (Fsp3) is 0.368. The average molecular weight is 385 g/mol. The van der Waals surface area contributed by atoms with Gasteiger partial charge in [-0.3, -0.25) is 4.79 Å². The molecule has 2 aliphatic heterocycles. The van der Waals surface area contributed by atoms with E-state index in [1.165, 1.54) is 18.5 Å². The lowest BCUT2D eigenvalue weighted by Gasteiger charge is -2.22. The Hall–Kier alpha value is -3.23. The first-order valence-electron chi connectivity index (χ1n) is 8.96. The van der Waals surface area contributed by atoms with Gasteiger partial charge in [0.1, 0.15) is 23.7 Å². The zero-order valence-corrected chi connectivity index (χ0v) is 15.4. The molecule has 9 heteroatoms. The Labute approximate surface area is 161 Å². The number of hydrogen-bond donors (Lipinski definition) is 1. The Morgan fingerprint density at radius 2 is 2.18 bits per heavy atom. The second-order valence-electron chi connectivity index (χ2n) is 6.89. The largest absolute Gasteiger partial charge is 0.481 e. The number of carbonyl (C=O) groups is 1. The third kappa shape index (κ3) is 3.73. The van der Waals surface area contributed by atoms with Crippen molar-refractivity contribution >= 4 is 17.4 Å². The highest BCUT2D eigenvalue weighted by Gasteiger charge is 2.47. The number of nitrogens with zero attached hydrogens (tertiary/aromatic N) is 4. The van der Waals surface area contributed by atoms with E-state index >= 15 is 0 Å². The molecular formula is C19H20FN5O3. The SMILES string of the molecule is COc1cc(N2CCC3(CC(C(=O)NCc4ccc(F)cc4)=NO3)C2)ncn1. The number of anilines is 1. The smallest absolute Gasteiger partial charge is 0.269 e. The van der Waals surface area contributed by atoms with Crippen LogP contribution in [0.2, 0.25) is 0 Å². The first-order chi connectivity index (χ1) is 13.6. The lowest BCUT2D eigenvalue weighted by Crippen LogP contribution is -2.37. The Kier molecular flexibility index (Phi) is 4.81. The highest BCUT2D eigenvalue weighted by molar-refractivity contribution is 6.39. The van der Waals surface area contributed by atoms with Crippen LogP contribution >= 0.6 is 0 Å². The minimum Gasteiger partial charge on any atom is -0.481 e. The molecule has 1 N–H and O–H groups in total. The quantitative estimate of drug-likeness (QED) is 0.842. The Morgan fingerprint density at radius 1 is 1.36 bits per heavy atom. The molecule has 1 atom stereocenters. The zero-order chi connectivity index (χ0) is 19.6. The minimum absolute atomic E-state index is 0.275. The van der Waals surface area contributed by atoms with Crippen molar-refractivity contribution in [2.24, 2.45) is 5.16 Å². The Morgan fingerprint density at radius 3 is 2.96 bits per heavy atom. The van der Waals surface area contributed by atoms with Crippen LogP contribution in [0, 0.1) is 5.82 Å². The van der Waals surface area contributed by atoms with Crippen LogP contribution in [0.5, 0.6) is 5.88 Å². The van der Waals surface area contributed by atoms with Gasteiger partial charge in [-0.1, -0.05) is 17.3 Å². The van der Waals surface area contributed by atoms with Gasteiger partial charge in [-0.2, -0.15) is 0 Å². The van der Waals surface area contributed by atoms with Crippen LogP contribution in [-0.2, 0) is 16.2 Å². The normalized spacial score (nSPS) is 20.8. The number of rotatable bonds is 5. The van der Waals surface area contributed by atoms with Crippen LogP contribution in [-0.4, -0.2) is 47.4 Å². The van der Waals surface area contributed by atoms with E-state index in [1.807, 2.05) is 0 Å². The first kappa shape index (κ1) is 18.1. The molecule has 1 aromatic heterocycles. The second kappa shape index (κ2) is 7.41. The van der Waals surface area contributed by atoms with E-state index in [4.69, 9.17) is 9.57 Å². The van der Waals surface area contributed by atoms with Crippen molar-refractivity contribution < 1.29 is 18.8 Å². The molecule has 8 nitrogen and oxygen atoms in total. The van der Waals surface area contributed by atoms with E-state index in [0.717, 1.165) is 24.3 Å². The summed E-state index contributed by atoms with van der Waals surface area (Å²) in [6, 6.07) is 7.76. The molecule has 4 rings (SSSR count). The number of oxime groups is 1. The van der Waals surface area contributed by atoms with Crippen LogP contribution < -0.4 is 15.0 Å². The van der Waals surface area contributed by atoms with Gasteiger partial charge < -0.3 is 19.8 Å². The summed E-state index contributed by atoms with van der Waals surface area (Å²) in [6.45, 7) is 1.61. The summed E-state index contributed by atoms with van der Waals surface area (Å²) in [4.78, 5) is 28.5. The summed E-state index contributed by atoms with van der Waals surface area (Å²) in [5.74, 6) is 0.665. The lowest BCUT2D eigenvalue weighted by molar-refractivity contribution is -0.115. The number of nitrogens with one attached hydrogen (secondary N) is 1. The second-order valence-corrected chi connectivity index (χ2v) is 6.89. The predicted octanol–water partition coefficient (Wildman–Crippen LogP) is 1.67. The molecule has 146 valence electrons. The number of aromatic nitrogens is 2. The summed E-state index contributed by atoms with van der Waals surface area (Å²) >= 11 is 0. The molecule has 1 aromatic carbocycles. The van der Waals surface area contributed by atoms with E-state index in [2.05, 4.69) is 25.3 Å². The van der Waals surface area contributed by atoms with Crippen molar-refractivity contribution in [2.75, 3.05) is 25.1 Å². The summed E-state index contributed by atoms with van der Waals surface area (Å²) in [5, 5.41) is 6.82. The molecular weight excluding hydrogens is 365 g/mol. The van der Waals surface area contributed by atoms with Crippen molar-refractivity contribution in [2.45, 2.75) is 25.0 Å². The van der Waals surface area contributed by atoms with Crippen LogP contribution in [0.15, 0.2) is 41.8 Å². The van der Waals surface area contributed by atoms with E-state index in [1.54, 1.807) is 25.3 Å². The molecule has 1 spiro atoms. The molecule has 2 aromatic rings. The standard InChI is InChI=1S/C19H20FN5O3/c1-27-17-8-16(22-12-23-17)25-7-6-19(11-25)9-15(24-28-19)18(26)21-10-13-2-4-14(20)5-3-13/h2-5,8,12H,6-7,9-11H2,1H3,(H,21,26). The van der Waals surface area contributed by atoms with E-state index < -0.39 is 5.60 Å². The number of halogens is 1. The molecule has 0 saturated carbocycles. The number of ether oxygens (including phenoxy) is 1.